The van der Waals surface area contributed by atoms with Crippen molar-refractivity contribution in [3.63, 3.8) is 0 Å². The van der Waals surface area contributed by atoms with Gasteiger partial charge in [0.15, 0.2) is 0 Å². The molecule has 2 aromatic rings. The highest BCUT2D eigenvalue weighted by atomic mass is 32.2. The molecule has 2 aliphatic heterocycles. The zero-order chi connectivity index (χ0) is 16.7. The molecule has 0 unspecified atom stereocenters. The summed E-state index contributed by atoms with van der Waals surface area (Å²) in [7, 11) is -3.77. The first-order chi connectivity index (χ1) is 11.5. The molecule has 0 saturated carbocycles. The number of halogens is 1. The van der Waals surface area contributed by atoms with Gasteiger partial charge in [-0.2, -0.15) is 0 Å². The minimum absolute atomic E-state index is 0.0852. The molecule has 7 heteroatoms. The first kappa shape index (κ1) is 15.4. The van der Waals surface area contributed by atoms with Crippen LogP contribution in [0.2, 0.25) is 0 Å². The molecule has 0 aromatic heterocycles. The minimum atomic E-state index is -3.77. The van der Waals surface area contributed by atoms with Crippen LogP contribution >= 0.6 is 0 Å². The van der Waals surface area contributed by atoms with Crippen LogP contribution in [-0.2, 0) is 29.4 Å². The van der Waals surface area contributed by atoms with E-state index in [1.165, 1.54) is 12.1 Å². The number of hydrogen-bond acceptors (Lipinski definition) is 4. The highest BCUT2D eigenvalue weighted by molar-refractivity contribution is 7.89. The summed E-state index contributed by atoms with van der Waals surface area (Å²) in [6, 6.07) is 7.59. The topological polar surface area (TPSA) is 64.6 Å². The third-order valence-electron chi connectivity index (χ3n) is 4.25. The van der Waals surface area contributed by atoms with Crippen LogP contribution in [-0.4, -0.2) is 21.6 Å². The van der Waals surface area contributed by atoms with Gasteiger partial charge >= 0.3 is 0 Å². The lowest BCUT2D eigenvalue weighted by molar-refractivity contribution is 0.347. The number of hydrogen-bond donors (Lipinski definition) is 1. The molecule has 0 atom stereocenters. The molecule has 24 heavy (non-hydrogen) atoms. The number of rotatable bonds is 4. The Morgan fingerprint density at radius 2 is 1.83 bits per heavy atom. The van der Waals surface area contributed by atoms with Crippen LogP contribution in [0.1, 0.15) is 16.7 Å². The van der Waals surface area contributed by atoms with Crippen LogP contribution in [0.5, 0.6) is 11.5 Å². The zero-order valence-electron chi connectivity index (χ0n) is 12.8. The van der Waals surface area contributed by atoms with Gasteiger partial charge in [-0.3, -0.25) is 0 Å². The Kier molecular flexibility index (Phi) is 3.69. The Labute approximate surface area is 139 Å². The van der Waals surface area contributed by atoms with Crippen molar-refractivity contribution in [1.82, 2.24) is 4.72 Å². The molecule has 126 valence electrons. The minimum Gasteiger partial charge on any atom is -0.493 e. The highest BCUT2D eigenvalue weighted by Gasteiger charge is 2.33. The number of ether oxygens (including phenoxy) is 2. The van der Waals surface area contributed by atoms with Crippen LogP contribution < -0.4 is 14.2 Å². The fraction of sp³-hybridized carbons (Fsp3) is 0.294. The number of nitrogens with one attached hydrogen (secondary N) is 1. The fourth-order valence-electron chi connectivity index (χ4n) is 3.08. The van der Waals surface area contributed by atoms with Crippen LogP contribution in [0.25, 0.3) is 0 Å². The van der Waals surface area contributed by atoms with Crippen LogP contribution in [0.4, 0.5) is 4.39 Å². The van der Waals surface area contributed by atoms with Crippen molar-refractivity contribution in [2.75, 3.05) is 13.2 Å². The van der Waals surface area contributed by atoms with Gasteiger partial charge in [0.1, 0.15) is 22.2 Å². The Morgan fingerprint density at radius 1 is 1.08 bits per heavy atom. The third kappa shape index (κ3) is 2.63. The summed E-state index contributed by atoms with van der Waals surface area (Å²) in [5.74, 6) is 0.707. The molecule has 0 radical (unpaired) electrons. The van der Waals surface area contributed by atoms with Crippen molar-refractivity contribution < 1.29 is 22.3 Å². The summed E-state index contributed by atoms with van der Waals surface area (Å²) in [5.41, 5.74) is 2.21. The van der Waals surface area contributed by atoms with Crippen molar-refractivity contribution in [2.45, 2.75) is 24.3 Å². The molecule has 0 saturated heterocycles. The van der Waals surface area contributed by atoms with Crippen molar-refractivity contribution in [2.24, 2.45) is 0 Å². The van der Waals surface area contributed by atoms with Gasteiger partial charge in [0.05, 0.1) is 13.2 Å². The number of benzene rings is 2. The average molecular weight is 349 g/mol. The fourth-order valence-corrected chi connectivity index (χ4v) is 4.54. The SMILES string of the molecule is O=S(=O)(NCc1ccc(F)cc1)c1c2c(cc3c1OCC3)OCC2. The van der Waals surface area contributed by atoms with Crippen molar-refractivity contribution in [3.05, 3.63) is 52.8 Å². The van der Waals surface area contributed by atoms with E-state index in [-0.39, 0.29) is 17.3 Å². The molecule has 0 amide bonds. The molecule has 0 fully saturated rings. The van der Waals surface area contributed by atoms with Crippen LogP contribution in [0, 0.1) is 5.82 Å². The Morgan fingerprint density at radius 3 is 2.62 bits per heavy atom. The third-order valence-corrected chi connectivity index (χ3v) is 5.74. The van der Waals surface area contributed by atoms with E-state index in [0.717, 1.165) is 5.56 Å². The second-order valence-electron chi connectivity index (χ2n) is 5.82. The maximum Gasteiger partial charge on any atom is 0.244 e. The second-order valence-corrected chi connectivity index (χ2v) is 7.52. The summed E-state index contributed by atoms with van der Waals surface area (Å²) >= 11 is 0. The predicted molar refractivity (Wildman–Crippen MR) is 85.3 cm³/mol. The van der Waals surface area contributed by atoms with E-state index < -0.39 is 10.0 Å². The maximum atomic E-state index is 13.0. The van der Waals surface area contributed by atoms with Crippen molar-refractivity contribution in [1.29, 1.82) is 0 Å². The molecule has 2 aliphatic rings. The first-order valence-corrected chi connectivity index (χ1v) is 9.21. The summed E-state index contributed by atoms with van der Waals surface area (Å²) in [5, 5.41) is 0. The maximum absolute atomic E-state index is 13.0. The van der Waals surface area contributed by atoms with E-state index in [1.807, 2.05) is 6.07 Å². The molecule has 2 aromatic carbocycles. The molecule has 5 nitrogen and oxygen atoms in total. The van der Waals surface area contributed by atoms with E-state index in [0.29, 0.717) is 48.7 Å². The van der Waals surface area contributed by atoms with Crippen molar-refractivity contribution in [3.8, 4) is 11.5 Å². The van der Waals surface area contributed by atoms with Gasteiger partial charge in [-0.05, 0) is 23.8 Å². The average Bonchev–Trinajstić information content (AvgIpc) is 3.20. The van der Waals surface area contributed by atoms with Gasteiger partial charge in [-0.1, -0.05) is 12.1 Å². The van der Waals surface area contributed by atoms with Gasteiger partial charge in [-0.15, -0.1) is 0 Å². The molecule has 0 spiro atoms. The number of sulfonamides is 1. The molecular formula is C17H16FNO4S. The summed E-state index contributed by atoms with van der Waals surface area (Å²) in [6.45, 7) is 1.03. The standard InChI is InChI=1S/C17H16FNO4S/c18-13-3-1-11(2-4-13)10-19-24(20,21)17-14-6-8-22-15(14)9-12-5-7-23-16(12)17/h1-4,9,19H,5-8,10H2. The van der Waals surface area contributed by atoms with Crippen LogP contribution in [0.3, 0.4) is 0 Å². The van der Waals surface area contributed by atoms with Gasteiger partial charge < -0.3 is 9.47 Å². The first-order valence-electron chi connectivity index (χ1n) is 7.73. The van der Waals surface area contributed by atoms with E-state index in [4.69, 9.17) is 9.47 Å². The van der Waals surface area contributed by atoms with Gasteiger partial charge in [0.2, 0.25) is 10.0 Å². The predicted octanol–water partition coefficient (Wildman–Crippen LogP) is 2.17. The smallest absolute Gasteiger partial charge is 0.244 e. The second kappa shape index (κ2) is 5.75. The van der Waals surface area contributed by atoms with E-state index in [2.05, 4.69) is 4.72 Å². The monoisotopic (exact) mass is 349 g/mol. The molecule has 4 rings (SSSR count). The van der Waals surface area contributed by atoms with Crippen molar-refractivity contribution >= 4 is 10.0 Å². The normalized spacial score (nSPS) is 15.5. The Balaban J connectivity index is 1.68. The van der Waals surface area contributed by atoms with E-state index >= 15 is 0 Å². The molecular weight excluding hydrogens is 333 g/mol. The van der Waals surface area contributed by atoms with Gasteiger partial charge in [0, 0.05) is 30.5 Å². The summed E-state index contributed by atoms with van der Waals surface area (Å²) in [4.78, 5) is 0.187. The quantitative estimate of drug-likeness (QED) is 0.919. The Bertz CT molecular complexity index is 862. The summed E-state index contributed by atoms with van der Waals surface area (Å²) < 4.78 is 52.4. The Hall–Kier alpha value is -2.12. The molecule has 2 heterocycles. The van der Waals surface area contributed by atoms with Gasteiger partial charge in [-0.25, -0.2) is 17.5 Å². The number of fused-ring (bicyclic) bond motifs is 2. The van der Waals surface area contributed by atoms with E-state index in [1.54, 1.807) is 12.1 Å². The lowest BCUT2D eigenvalue weighted by Crippen LogP contribution is -2.24. The van der Waals surface area contributed by atoms with E-state index in [9.17, 15) is 12.8 Å². The largest absolute Gasteiger partial charge is 0.493 e. The van der Waals surface area contributed by atoms with Gasteiger partial charge in [0.25, 0.3) is 0 Å². The van der Waals surface area contributed by atoms with Crippen LogP contribution in [0.15, 0.2) is 35.2 Å². The zero-order valence-corrected chi connectivity index (χ0v) is 13.7. The summed E-state index contributed by atoms with van der Waals surface area (Å²) in [6.07, 6.45) is 1.21. The molecule has 0 bridgehead atoms. The lowest BCUT2D eigenvalue weighted by Gasteiger charge is -2.14. The molecule has 1 N–H and O–H groups in total. The highest BCUT2D eigenvalue weighted by Crippen LogP contribution is 2.43. The lowest BCUT2D eigenvalue weighted by atomic mass is 10.1. The molecule has 0 aliphatic carbocycles.